The molecule has 30 heavy (non-hydrogen) atoms. The van der Waals surface area contributed by atoms with E-state index in [1.165, 1.54) is 30.2 Å². The van der Waals surface area contributed by atoms with E-state index < -0.39 is 5.91 Å². The first-order chi connectivity index (χ1) is 14.1. The number of primary amides is 1. The van der Waals surface area contributed by atoms with Crippen LogP contribution in [-0.4, -0.2) is 49.9 Å². The second kappa shape index (κ2) is 9.78. The number of methoxy groups -OCH3 is 1. The minimum atomic E-state index is -0.623. The molecule has 0 saturated heterocycles. The zero-order valence-electron chi connectivity index (χ0n) is 17.9. The molecule has 0 spiro atoms. The Kier molecular flexibility index (Phi) is 7.41. The minimum Gasteiger partial charge on any atom is -0.493 e. The zero-order valence-corrected chi connectivity index (χ0v) is 17.9. The lowest BCUT2D eigenvalue weighted by Gasteiger charge is -2.19. The first kappa shape index (κ1) is 22.7. The Morgan fingerprint density at radius 3 is 2.23 bits per heavy atom. The number of anilines is 1. The van der Waals surface area contributed by atoms with E-state index >= 15 is 0 Å². The smallest absolute Gasteiger partial charge is 0.255 e. The van der Waals surface area contributed by atoms with Crippen LogP contribution in [0.25, 0.3) is 0 Å². The highest BCUT2D eigenvalue weighted by molar-refractivity contribution is 6.00. The van der Waals surface area contributed by atoms with Gasteiger partial charge in [-0.15, -0.1) is 0 Å². The number of amides is 3. The summed E-state index contributed by atoms with van der Waals surface area (Å²) in [5, 5.41) is 2.88. The Hall–Kier alpha value is -3.55. The monoisotopic (exact) mass is 413 g/mol. The van der Waals surface area contributed by atoms with Gasteiger partial charge in [0, 0.05) is 18.3 Å². The van der Waals surface area contributed by atoms with E-state index in [9.17, 15) is 14.4 Å². The van der Waals surface area contributed by atoms with Gasteiger partial charge in [-0.25, -0.2) is 0 Å². The van der Waals surface area contributed by atoms with Crippen LogP contribution in [0, 0.1) is 20.8 Å². The molecule has 2 rings (SSSR count). The second-order valence-corrected chi connectivity index (χ2v) is 7.10. The number of carbonyl (C=O) groups excluding carboxylic acids is 3. The molecule has 8 heteroatoms. The maximum atomic E-state index is 12.7. The molecule has 0 aliphatic rings. The van der Waals surface area contributed by atoms with Crippen LogP contribution in [0.5, 0.6) is 11.5 Å². The summed E-state index contributed by atoms with van der Waals surface area (Å²) in [6, 6.07) is 8.52. The van der Waals surface area contributed by atoms with Crippen LogP contribution in [-0.2, 0) is 9.59 Å². The lowest BCUT2D eigenvalue weighted by atomic mass is 10.1. The van der Waals surface area contributed by atoms with Gasteiger partial charge in [0.2, 0.25) is 5.91 Å². The van der Waals surface area contributed by atoms with Crippen LogP contribution in [0.1, 0.15) is 27.0 Å². The van der Waals surface area contributed by atoms with Gasteiger partial charge in [0.25, 0.3) is 11.8 Å². The Balaban J connectivity index is 2.08. The molecular weight excluding hydrogens is 386 g/mol. The molecule has 0 unspecified atom stereocenters. The topological polar surface area (TPSA) is 111 Å². The van der Waals surface area contributed by atoms with Gasteiger partial charge in [-0.1, -0.05) is 17.7 Å². The van der Waals surface area contributed by atoms with E-state index in [0.717, 1.165) is 22.4 Å². The number of ether oxygens (including phenoxy) is 2. The fourth-order valence-corrected chi connectivity index (χ4v) is 3.13. The number of carbonyl (C=O) groups is 3. The van der Waals surface area contributed by atoms with E-state index in [4.69, 9.17) is 15.2 Å². The molecule has 2 aromatic rings. The van der Waals surface area contributed by atoms with Crippen molar-refractivity contribution in [2.24, 2.45) is 5.73 Å². The lowest BCUT2D eigenvalue weighted by Crippen LogP contribution is -2.35. The molecule has 2 aromatic carbocycles. The molecule has 0 aliphatic heterocycles. The Morgan fingerprint density at radius 1 is 1.03 bits per heavy atom. The van der Waals surface area contributed by atoms with Gasteiger partial charge in [0.15, 0.2) is 18.1 Å². The molecule has 0 aromatic heterocycles. The number of hydrogen-bond donors (Lipinski definition) is 2. The molecule has 3 N–H and O–H groups in total. The van der Waals surface area contributed by atoms with Gasteiger partial charge in [-0.05, 0) is 50.1 Å². The number of nitrogens with two attached hydrogens (primary N) is 1. The van der Waals surface area contributed by atoms with Crippen molar-refractivity contribution in [2.75, 3.05) is 32.6 Å². The summed E-state index contributed by atoms with van der Waals surface area (Å²) in [7, 11) is 2.96. The van der Waals surface area contributed by atoms with Crippen molar-refractivity contribution in [1.82, 2.24) is 4.90 Å². The van der Waals surface area contributed by atoms with Crippen molar-refractivity contribution in [1.29, 1.82) is 0 Å². The number of benzene rings is 2. The van der Waals surface area contributed by atoms with Crippen LogP contribution < -0.4 is 20.5 Å². The summed E-state index contributed by atoms with van der Waals surface area (Å²) in [5.41, 5.74) is 9.19. The quantitative estimate of drug-likeness (QED) is 0.689. The summed E-state index contributed by atoms with van der Waals surface area (Å²) in [4.78, 5) is 37.4. The average Bonchev–Trinajstić information content (AvgIpc) is 2.68. The van der Waals surface area contributed by atoms with E-state index in [1.54, 1.807) is 7.05 Å². The SMILES string of the molecule is COc1cc(C(=O)N(C)CC(=O)Nc2c(C)cc(C)cc2C)ccc1OCC(N)=O. The number of likely N-dealkylation sites (N-methyl/N-ethyl adjacent to an activating group) is 1. The molecule has 8 nitrogen and oxygen atoms in total. The van der Waals surface area contributed by atoms with E-state index in [-0.39, 0.29) is 30.7 Å². The maximum absolute atomic E-state index is 12.7. The van der Waals surface area contributed by atoms with E-state index in [0.29, 0.717) is 11.3 Å². The number of nitrogens with one attached hydrogen (secondary N) is 1. The standard InChI is InChI=1S/C22H27N3O5/c1-13-8-14(2)21(15(3)9-13)24-20(27)11-25(4)22(28)16-6-7-17(18(10-16)29-5)30-12-19(23)26/h6-10H,11-12H2,1-5H3,(H2,23,26)(H,24,27). The maximum Gasteiger partial charge on any atom is 0.255 e. The predicted molar refractivity (Wildman–Crippen MR) is 114 cm³/mol. The van der Waals surface area contributed by atoms with E-state index in [1.807, 2.05) is 32.9 Å². The van der Waals surface area contributed by atoms with Crippen molar-refractivity contribution in [3.63, 3.8) is 0 Å². The number of aryl methyl sites for hydroxylation is 3. The van der Waals surface area contributed by atoms with Crippen LogP contribution >= 0.6 is 0 Å². The molecular formula is C22H27N3O5. The largest absolute Gasteiger partial charge is 0.493 e. The first-order valence-corrected chi connectivity index (χ1v) is 9.34. The number of rotatable bonds is 8. The zero-order chi connectivity index (χ0) is 22.4. The van der Waals surface area contributed by atoms with Crippen LogP contribution in [0.15, 0.2) is 30.3 Å². The molecule has 0 bridgehead atoms. The normalized spacial score (nSPS) is 10.3. The van der Waals surface area contributed by atoms with Crippen LogP contribution in [0.2, 0.25) is 0 Å². The fourth-order valence-electron chi connectivity index (χ4n) is 3.13. The van der Waals surface area contributed by atoms with Gasteiger partial charge < -0.3 is 25.4 Å². The van der Waals surface area contributed by atoms with Gasteiger partial charge in [0.1, 0.15) is 0 Å². The molecule has 3 amide bonds. The summed E-state index contributed by atoms with van der Waals surface area (Å²) in [6.07, 6.45) is 0. The highest BCUT2D eigenvalue weighted by Gasteiger charge is 2.18. The predicted octanol–water partition coefficient (Wildman–Crippen LogP) is 2.20. The first-order valence-electron chi connectivity index (χ1n) is 9.34. The van der Waals surface area contributed by atoms with Crippen LogP contribution in [0.3, 0.4) is 0 Å². The molecule has 0 aliphatic carbocycles. The van der Waals surface area contributed by atoms with Gasteiger partial charge in [-0.2, -0.15) is 0 Å². The van der Waals surface area contributed by atoms with Gasteiger partial charge >= 0.3 is 0 Å². The Morgan fingerprint density at radius 2 is 1.67 bits per heavy atom. The van der Waals surface area contributed by atoms with Crippen molar-refractivity contribution >= 4 is 23.4 Å². The number of hydrogen-bond acceptors (Lipinski definition) is 5. The van der Waals surface area contributed by atoms with Crippen molar-refractivity contribution in [3.8, 4) is 11.5 Å². The van der Waals surface area contributed by atoms with Gasteiger partial charge in [-0.3, -0.25) is 14.4 Å². The Bertz CT molecular complexity index is 948. The van der Waals surface area contributed by atoms with Crippen molar-refractivity contribution < 1.29 is 23.9 Å². The lowest BCUT2D eigenvalue weighted by molar-refractivity contribution is -0.120. The third kappa shape index (κ3) is 5.73. The molecule has 0 saturated carbocycles. The van der Waals surface area contributed by atoms with Crippen LogP contribution in [0.4, 0.5) is 5.69 Å². The second-order valence-electron chi connectivity index (χ2n) is 7.10. The molecule has 0 heterocycles. The van der Waals surface area contributed by atoms with Crippen molar-refractivity contribution in [3.05, 3.63) is 52.6 Å². The summed E-state index contributed by atoms with van der Waals surface area (Å²) in [5.74, 6) is -0.706. The number of nitrogens with zero attached hydrogens (tertiary/aromatic N) is 1. The Labute approximate surface area is 175 Å². The highest BCUT2D eigenvalue weighted by atomic mass is 16.5. The highest BCUT2D eigenvalue weighted by Crippen LogP contribution is 2.28. The third-order valence-electron chi connectivity index (χ3n) is 4.45. The summed E-state index contributed by atoms with van der Waals surface area (Å²) < 4.78 is 10.5. The van der Waals surface area contributed by atoms with Gasteiger partial charge in [0.05, 0.1) is 13.7 Å². The van der Waals surface area contributed by atoms with E-state index in [2.05, 4.69) is 5.32 Å². The molecule has 160 valence electrons. The average molecular weight is 413 g/mol. The molecule has 0 radical (unpaired) electrons. The third-order valence-corrected chi connectivity index (χ3v) is 4.45. The summed E-state index contributed by atoms with van der Waals surface area (Å²) >= 11 is 0. The van der Waals surface area contributed by atoms with Crippen molar-refractivity contribution in [2.45, 2.75) is 20.8 Å². The minimum absolute atomic E-state index is 0.117. The summed E-state index contributed by atoms with van der Waals surface area (Å²) in [6.45, 7) is 5.43. The molecule has 0 fully saturated rings. The molecule has 0 atom stereocenters. The fraction of sp³-hybridized carbons (Fsp3) is 0.318.